The number of carbonyl (C=O) groups is 1. The van der Waals surface area contributed by atoms with Crippen molar-refractivity contribution in [1.82, 2.24) is 5.32 Å². The number of ether oxygens (including phenoxy) is 2. The van der Waals surface area contributed by atoms with E-state index in [0.29, 0.717) is 30.2 Å². The third-order valence-electron chi connectivity index (χ3n) is 3.77. The summed E-state index contributed by atoms with van der Waals surface area (Å²) in [5.41, 5.74) is 3.19. The van der Waals surface area contributed by atoms with Gasteiger partial charge in [-0.1, -0.05) is 24.3 Å². The lowest BCUT2D eigenvalue weighted by Gasteiger charge is -2.11. The lowest BCUT2D eigenvalue weighted by molar-refractivity contribution is -0.116. The summed E-state index contributed by atoms with van der Waals surface area (Å²) in [6.45, 7) is 3.46. The maximum atomic E-state index is 12.0. The van der Waals surface area contributed by atoms with Crippen LogP contribution in [0.3, 0.4) is 0 Å². The van der Waals surface area contributed by atoms with Gasteiger partial charge in [0, 0.05) is 31.3 Å². The Hall–Kier alpha value is -2.53. The lowest BCUT2D eigenvalue weighted by Crippen LogP contribution is -2.21. The zero-order valence-electron chi connectivity index (χ0n) is 14.4. The van der Waals surface area contributed by atoms with Gasteiger partial charge in [0.15, 0.2) is 11.5 Å². The molecule has 2 aromatic carbocycles. The minimum absolute atomic E-state index is 0.0421. The van der Waals surface area contributed by atoms with Gasteiger partial charge in [0.2, 0.25) is 5.91 Å². The molecule has 0 saturated heterocycles. The molecule has 0 aromatic heterocycles. The minimum Gasteiger partial charge on any atom is -0.493 e. The average Bonchev–Trinajstić information content (AvgIpc) is 2.60. The van der Waals surface area contributed by atoms with Gasteiger partial charge in [0.1, 0.15) is 0 Å². The summed E-state index contributed by atoms with van der Waals surface area (Å²) in [6, 6.07) is 13.5. The first-order valence-corrected chi connectivity index (χ1v) is 7.91. The largest absolute Gasteiger partial charge is 0.493 e. The SMILES string of the molecule is COc1ccc(NC(=O)CCNCc2ccccc2C)cc1OC. The van der Waals surface area contributed by atoms with Crippen LogP contribution in [0.4, 0.5) is 5.69 Å². The number of anilines is 1. The maximum absolute atomic E-state index is 12.0. The number of carbonyl (C=O) groups excluding carboxylic acids is 1. The first-order chi connectivity index (χ1) is 11.6. The Bertz CT molecular complexity index is 686. The Balaban J connectivity index is 1.78. The summed E-state index contributed by atoms with van der Waals surface area (Å²) in [7, 11) is 3.15. The molecular weight excluding hydrogens is 304 g/mol. The molecule has 0 spiro atoms. The zero-order valence-corrected chi connectivity index (χ0v) is 14.4. The second-order valence-electron chi connectivity index (χ2n) is 5.47. The number of hydrogen-bond acceptors (Lipinski definition) is 4. The monoisotopic (exact) mass is 328 g/mol. The van der Waals surface area contributed by atoms with E-state index in [-0.39, 0.29) is 5.91 Å². The van der Waals surface area contributed by atoms with Crippen LogP contribution in [0.25, 0.3) is 0 Å². The molecule has 0 aliphatic carbocycles. The van der Waals surface area contributed by atoms with E-state index in [2.05, 4.69) is 29.7 Å². The van der Waals surface area contributed by atoms with Gasteiger partial charge in [0.25, 0.3) is 0 Å². The topological polar surface area (TPSA) is 59.6 Å². The summed E-state index contributed by atoms with van der Waals surface area (Å²) >= 11 is 0. The van der Waals surface area contributed by atoms with Crippen LogP contribution in [-0.2, 0) is 11.3 Å². The van der Waals surface area contributed by atoms with Crippen molar-refractivity contribution >= 4 is 11.6 Å². The Morgan fingerprint density at radius 1 is 1.04 bits per heavy atom. The van der Waals surface area contributed by atoms with Crippen LogP contribution in [0.5, 0.6) is 11.5 Å². The van der Waals surface area contributed by atoms with Gasteiger partial charge in [-0.2, -0.15) is 0 Å². The molecule has 5 heteroatoms. The van der Waals surface area contributed by atoms with E-state index < -0.39 is 0 Å². The molecule has 2 N–H and O–H groups in total. The molecule has 2 rings (SSSR count). The highest BCUT2D eigenvalue weighted by Gasteiger charge is 2.07. The van der Waals surface area contributed by atoms with E-state index in [0.717, 1.165) is 6.54 Å². The van der Waals surface area contributed by atoms with Crippen molar-refractivity contribution in [3.8, 4) is 11.5 Å². The highest BCUT2D eigenvalue weighted by molar-refractivity contribution is 5.91. The van der Waals surface area contributed by atoms with Crippen LogP contribution < -0.4 is 20.1 Å². The van der Waals surface area contributed by atoms with Gasteiger partial charge in [-0.3, -0.25) is 4.79 Å². The second kappa shape index (κ2) is 8.93. The fourth-order valence-corrected chi connectivity index (χ4v) is 2.37. The molecular formula is C19H24N2O3. The maximum Gasteiger partial charge on any atom is 0.225 e. The third-order valence-corrected chi connectivity index (χ3v) is 3.77. The van der Waals surface area contributed by atoms with Crippen molar-refractivity contribution in [3.63, 3.8) is 0 Å². The van der Waals surface area contributed by atoms with Crippen LogP contribution in [-0.4, -0.2) is 26.7 Å². The van der Waals surface area contributed by atoms with E-state index in [9.17, 15) is 4.79 Å². The summed E-state index contributed by atoms with van der Waals surface area (Å²) in [4.78, 5) is 12.0. The summed E-state index contributed by atoms with van der Waals surface area (Å²) in [5, 5.41) is 6.16. The van der Waals surface area contributed by atoms with Crippen LogP contribution in [0, 0.1) is 6.92 Å². The zero-order chi connectivity index (χ0) is 17.4. The molecule has 0 aliphatic heterocycles. The van der Waals surface area contributed by atoms with Crippen molar-refractivity contribution in [2.75, 3.05) is 26.1 Å². The molecule has 1 amide bonds. The second-order valence-corrected chi connectivity index (χ2v) is 5.47. The minimum atomic E-state index is -0.0421. The molecule has 0 heterocycles. The Kier molecular flexibility index (Phi) is 6.63. The number of aryl methyl sites for hydroxylation is 1. The van der Waals surface area contributed by atoms with E-state index in [1.165, 1.54) is 11.1 Å². The Morgan fingerprint density at radius 2 is 1.79 bits per heavy atom. The Morgan fingerprint density at radius 3 is 2.50 bits per heavy atom. The summed E-state index contributed by atoms with van der Waals surface area (Å²) in [6.07, 6.45) is 0.403. The fraction of sp³-hybridized carbons (Fsp3) is 0.316. The molecule has 128 valence electrons. The normalized spacial score (nSPS) is 10.3. The van der Waals surface area contributed by atoms with Crippen molar-refractivity contribution in [2.24, 2.45) is 0 Å². The van der Waals surface area contributed by atoms with Gasteiger partial charge in [-0.25, -0.2) is 0 Å². The standard InChI is InChI=1S/C19H24N2O3/c1-14-6-4-5-7-15(14)13-20-11-10-19(22)21-16-8-9-17(23-2)18(12-16)24-3/h4-9,12,20H,10-11,13H2,1-3H3,(H,21,22). The molecule has 0 unspecified atom stereocenters. The number of benzene rings is 2. The average molecular weight is 328 g/mol. The van der Waals surface area contributed by atoms with E-state index >= 15 is 0 Å². The van der Waals surface area contributed by atoms with Gasteiger partial charge in [-0.05, 0) is 30.2 Å². The highest BCUT2D eigenvalue weighted by atomic mass is 16.5. The molecule has 2 aromatic rings. The quantitative estimate of drug-likeness (QED) is 0.731. The summed E-state index contributed by atoms with van der Waals surface area (Å²) < 4.78 is 10.4. The number of rotatable bonds is 8. The number of hydrogen-bond donors (Lipinski definition) is 2. The predicted octanol–water partition coefficient (Wildman–Crippen LogP) is 3.13. The number of amides is 1. The van der Waals surface area contributed by atoms with Crippen molar-refractivity contribution in [3.05, 3.63) is 53.6 Å². The van der Waals surface area contributed by atoms with Crippen molar-refractivity contribution < 1.29 is 14.3 Å². The van der Waals surface area contributed by atoms with Gasteiger partial charge < -0.3 is 20.1 Å². The van der Waals surface area contributed by atoms with Crippen LogP contribution in [0.2, 0.25) is 0 Å². The lowest BCUT2D eigenvalue weighted by atomic mass is 10.1. The molecule has 0 fully saturated rings. The van der Waals surface area contributed by atoms with E-state index in [1.54, 1.807) is 32.4 Å². The third kappa shape index (κ3) is 4.99. The van der Waals surface area contributed by atoms with Gasteiger partial charge in [0.05, 0.1) is 14.2 Å². The highest BCUT2D eigenvalue weighted by Crippen LogP contribution is 2.29. The molecule has 0 saturated carbocycles. The molecule has 0 radical (unpaired) electrons. The molecule has 24 heavy (non-hydrogen) atoms. The number of methoxy groups -OCH3 is 2. The van der Waals surface area contributed by atoms with Crippen molar-refractivity contribution in [1.29, 1.82) is 0 Å². The first-order valence-electron chi connectivity index (χ1n) is 7.91. The predicted molar refractivity (Wildman–Crippen MR) is 95.7 cm³/mol. The number of nitrogens with one attached hydrogen (secondary N) is 2. The van der Waals surface area contributed by atoms with E-state index in [4.69, 9.17) is 9.47 Å². The van der Waals surface area contributed by atoms with Crippen molar-refractivity contribution in [2.45, 2.75) is 19.9 Å². The Labute approximate surface area is 143 Å². The smallest absolute Gasteiger partial charge is 0.225 e. The molecule has 0 bridgehead atoms. The van der Waals surface area contributed by atoms with Gasteiger partial charge in [-0.15, -0.1) is 0 Å². The molecule has 0 atom stereocenters. The fourth-order valence-electron chi connectivity index (χ4n) is 2.37. The van der Waals surface area contributed by atoms with Crippen LogP contribution in [0.1, 0.15) is 17.5 Å². The van der Waals surface area contributed by atoms with Crippen LogP contribution >= 0.6 is 0 Å². The molecule has 5 nitrogen and oxygen atoms in total. The van der Waals surface area contributed by atoms with Crippen LogP contribution in [0.15, 0.2) is 42.5 Å². The summed E-state index contributed by atoms with van der Waals surface area (Å²) in [5.74, 6) is 1.18. The molecule has 0 aliphatic rings. The first kappa shape index (κ1) is 17.8. The van der Waals surface area contributed by atoms with E-state index in [1.807, 2.05) is 12.1 Å². The van der Waals surface area contributed by atoms with Gasteiger partial charge >= 0.3 is 0 Å².